The molecule has 0 spiro atoms. The summed E-state index contributed by atoms with van der Waals surface area (Å²) in [7, 11) is 0. The number of halogens is 1. The maximum Gasteiger partial charge on any atom is 0.271 e. The molecule has 0 atom stereocenters. The molecule has 0 aliphatic heterocycles. The molecule has 0 unspecified atom stereocenters. The van der Waals surface area contributed by atoms with Crippen LogP contribution in [0.3, 0.4) is 0 Å². The first-order valence-electron chi connectivity index (χ1n) is 10.0. The Balaban J connectivity index is 1.64. The van der Waals surface area contributed by atoms with E-state index in [1.807, 2.05) is 0 Å². The molecule has 10 nitrogen and oxygen atoms in total. The number of hydrogen-bond acceptors (Lipinski definition) is 7. The van der Waals surface area contributed by atoms with Gasteiger partial charge < -0.3 is 15.2 Å². The molecule has 0 aliphatic rings. The van der Waals surface area contributed by atoms with E-state index >= 15 is 0 Å². The number of non-ortho nitro benzene ring substituents is 1. The van der Waals surface area contributed by atoms with Crippen molar-refractivity contribution in [3.05, 3.63) is 81.6 Å². The van der Waals surface area contributed by atoms with E-state index in [0.29, 0.717) is 39.5 Å². The number of nitrogens with one attached hydrogen (secondary N) is 2. The average Bonchev–Trinajstić information content (AvgIpc) is 3.16. The summed E-state index contributed by atoms with van der Waals surface area (Å²) in [5.74, 6) is -0.225. The Hall–Kier alpha value is -3.70. The van der Waals surface area contributed by atoms with Crippen molar-refractivity contribution in [2.75, 3.05) is 16.4 Å². The number of anilines is 2. The molecule has 0 fully saturated rings. The molecule has 0 aliphatic carbocycles. The second-order valence-electron chi connectivity index (χ2n) is 7.12. The van der Waals surface area contributed by atoms with Crippen molar-refractivity contribution in [3.63, 3.8) is 0 Å². The third-order valence-corrected chi connectivity index (χ3v) is 5.81. The van der Waals surface area contributed by atoms with E-state index in [-0.39, 0.29) is 29.7 Å². The molecule has 2 N–H and O–H groups in total. The predicted octanol–water partition coefficient (Wildman–Crippen LogP) is 4.25. The Bertz CT molecular complexity index is 1230. The molecule has 1 aromatic heterocycles. The molecule has 2 amide bonds. The van der Waals surface area contributed by atoms with Crippen LogP contribution in [-0.2, 0) is 22.6 Å². The van der Waals surface area contributed by atoms with Gasteiger partial charge in [-0.1, -0.05) is 35.5 Å². The molecule has 34 heavy (non-hydrogen) atoms. The highest BCUT2D eigenvalue weighted by Gasteiger charge is 2.17. The van der Waals surface area contributed by atoms with Crippen molar-refractivity contribution in [1.29, 1.82) is 0 Å². The first-order valence-corrected chi connectivity index (χ1v) is 11.4. The van der Waals surface area contributed by atoms with Crippen LogP contribution < -0.4 is 10.6 Å². The van der Waals surface area contributed by atoms with Crippen molar-refractivity contribution < 1.29 is 14.5 Å². The number of carbonyl (C=O) groups is 2. The van der Waals surface area contributed by atoms with Crippen molar-refractivity contribution in [2.24, 2.45) is 0 Å². The van der Waals surface area contributed by atoms with E-state index in [9.17, 15) is 19.7 Å². The SMILES string of the molecule is C=CCn1c(CC(=O)Nc2ccc(Cl)cc2)nnc1SCC(=O)Nc1cc([N+](=O)[O-])ccc1C. The van der Waals surface area contributed by atoms with Gasteiger partial charge in [0.2, 0.25) is 11.8 Å². The van der Waals surface area contributed by atoms with Crippen LogP contribution in [0, 0.1) is 17.0 Å². The maximum atomic E-state index is 12.4. The fraction of sp³-hybridized carbons (Fsp3) is 0.182. The zero-order valence-corrected chi connectivity index (χ0v) is 19.7. The minimum absolute atomic E-state index is 0.00558. The van der Waals surface area contributed by atoms with Gasteiger partial charge in [0.15, 0.2) is 5.16 Å². The average molecular weight is 501 g/mol. The quantitative estimate of drug-likeness (QED) is 0.184. The Morgan fingerprint density at radius 3 is 2.59 bits per heavy atom. The lowest BCUT2D eigenvalue weighted by Gasteiger charge is -2.10. The normalized spacial score (nSPS) is 10.5. The maximum absolute atomic E-state index is 12.4. The molecule has 0 radical (unpaired) electrons. The van der Waals surface area contributed by atoms with Crippen LogP contribution >= 0.6 is 23.4 Å². The number of nitro benzene ring substituents is 1. The number of amides is 2. The summed E-state index contributed by atoms with van der Waals surface area (Å²) < 4.78 is 1.70. The number of nitro groups is 1. The summed E-state index contributed by atoms with van der Waals surface area (Å²) in [6.45, 7) is 5.82. The van der Waals surface area contributed by atoms with Gasteiger partial charge in [0.1, 0.15) is 5.82 Å². The molecule has 3 rings (SSSR count). The van der Waals surface area contributed by atoms with Gasteiger partial charge in [-0.15, -0.1) is 16.8 Å². The van der Waals surface area contributed by atoms with Crippen LogP contribution in [0.25, 0.3) is 0 Å². The smallest absolute Gasteiger partial charge is 0.271 e. The first kappa shape index (κ1) is 24.9. The second-order valence-corrected chi connectivity index (χ2v) is 8.50. The van der Waals surface area contributed by atoms with Gasteiger partial charge in [0, 0.05) is 29.4 Å². The number of hydrogen-bond donors (Lipinski definition) is 2. The number of carbonyl (C=O) groups excluding carboxylic acids is 2. The number of allylic oxidation sites excluding steroid dienone is 1. The van der Waals surface area contributed by atoms with Crippen LogP contribution in [0.5, 0.6) is 0 Å². The summed E-state index contributed by atoms with van der Waals surface area (Å²) in [6, 6.07) is 11.0. The highest BCUT2D eigenvalue weighted by atomic mass is 35.5. The topological polar surface area (TPSA) is 132 Å². The largest absolute Gasteiger partial charge is 0.326 e. The Morgan fingerprint density at radius 2 is 1.91 bits per heavy atom. The van der Waals surface area contributed by atoms with Crippen LogP contribution in [0.4, 0.5) is 17.1 Å². The van der Waals surface area contributed by atoms with Crippen LogP contribution in [0.1, 0.15) is 11.4 Å². The zero-order valence-electron chi connectivity index (χ0n) is 18.2. The van der Waals surface area contributed by atoms with E-state index in [1.165, 1.54) is 12.1 Å². The monoisotopic (exact) mass is 500 g/mol. The minimum atomic E-state index is -0.522. The van der Waals surface area contributed by atoms with Gasteiger partial charge in [-0.05, 0) is 36.8 Å². The lowest BCUT2D eigenvalue weighted by atomic mass is 10.2. The van der Waals surface area contributed by atoms with Gasteiger partial charge in [-0.25, -0.2) is 0 Å². The summed E-state index contributed by atoms with van der Waals surface area (Å²) in [6.07, 6.45) is 1.61. The molecule has 3 aromatic rings. The number of nitrogens with zero attached hydrogens (tertiary/aromatic N) is 4. The number of thioether (sulfide) groups is 1. The van der Waals surface area contributed by atoms with Crippen molar-refractivity contribution >= 4 is 52.2 Å². The second kappa shape index (κ2) is 11.4. The third-order valence-electron chi connectivity index (χ3n) is 4.59. The Morgan fingerprint density at radius 1 is 1.18 bits per heavy atom. The van der Waals surface area contributed by atoms with Crippen molar-refractivity contribution in [1.82, 2.24) is 14.8 Å². The summed E-state index contributed by atoms with van der Waals surface area (Å²) in [4.78, 5) is 35.3. The Labute approximate surface area is 204 Å². The minimum Gasteiger partial charge on any atom is -0.326 e. The van der Waals surface area contributed by atoms with Crippen LogP contribution in [0.2, 0.25) is 5.02 Å². The van der Waals surface area contributed by atoms with Gasteiger partial charge in [0.25, 0.3) is 5.69 Å². The number of rotatable bonds is 10. The van der Waals surface area contributed by atoms with Crippen LogP contribution in [0.15, 0.2) is 60.3 Å². The lowest BCUT2D eigenvalue weighted by molar-refractivity contribution is -0.384. The molecule has 0 saturated carbocycles. The summed E-state index contributed by atoms with van der Waals surface area (Å²) in [5, 5.41) is 25.6. The van der Waals surface area contributed by atoms with Crippen molar-refractivity contribution in [2.45, 2.75) is 25.0 Å². The highest BCUT2D eigenvalue weighted by molar-refractivity contribution is 7.99. The molecular weight excluding hydrogens is 480 g/mol. The molecule has 0 bridgehead atoms. The summed E-state index contributed by atoms with van der Waals surface area (Å²) >= 11 is 6.99. The first-order chi connectivity index (χ1) is 16.3. The lowest BCUT2D eigenvalue weighted by Crippen LogP contribution is -2.18. The predicted molar refractivity (Wildman–Crippen MR) is 131 cm³/mol. The van der Waals surface area contributed by atoms with E-state index in [2.05, 4.69) is 27.4 Å². The van der Waals surface area contributed by atoms with Gasteiger partial charge in [-0.3, -0.25) is 19.7 Å². The van der Waals surface area contributed by atoms with E-state index in [4.69, 9.17) is 11.6 Å². The molecule has 176 valence electrons. The fourth-order valence-corrected chi connectivity index (χ4v) is 3.82. The molecule has 12 heteroatoms. The van der Waals surface area contributed by atoms with E-state index < -0.39 is 4.92 Å². The standard InChI is InChI=1S/C22H21ClN6O4S/c1-3-10-28-19(12-20(30)24-16-7-5-15(23)6-8-16)26-27-22(28)34-13-21(31)25-18-11-17(29(32)33)9-4-14(18)2/h3-9,11H,1,10,12-13H2,2H3,(H,24,30)(H,25,31). The Kier molecular flexibility index (Phi) is 8.39. The molecule has 2 aromatic carbocycles. The van der Waals surface area contributed by atoms with Crippen LogP contribution in [-0.4, -0.2) is 37.3 Å². The van der Waals surface area contributed by atoms with E-state index in [0.717, 1.165) is 11.8 Å². The highest BCUT2D eigenvalue weighted by Crippen LogP contribution is 2.23. The van der Waals surface area contributed by atoms with Gasteiger partial charge >= 0.3 is 0 Å². The molecule has 0 saturated heterocycles. The third kappa shape index (κ3) is 6.65. The summed E-state index contributed by atoms with van der Waals surface area (Å²) in [5.41, 5.74) is 1.56. The van der Waals surface area contributed by atoms with Gasteiger partial charge in [0.05, 0.1) is 22.8 Å². The number of benzene rings is 2. The number of aromatic nitrogens is 3. The van der Waals surface area contributed by atoms with E-state index in [1.54, 1.807) is 47.9 Å². The van der Waals surface area contributed by atoms with Crippen molar-refractivity contribution in [3.8, 4) is 0 Å². The molecule has 1 heterocycles. The number of aryl methyl sites for hydroxylation is 1. The fourth-order valence-electron chi connectivity index (χ4n) is 2.93. The van der Waals surface area contributed by atoms with Gasteiger partial charge in [-0.2, -0.15) is 0 Å². The molecular formula is C22H21ClN6O4S. The zero-order chi connectivity index (χ0) is 24.7.